The summed E-state index contributed by atoms with van der Waals surface area (Å²) < 4.78 is 0. The van der Waals surface area contributed by atoms with Crippen molar-refractivity contribution in [2.45, 2.75) is 38.1 Å². The predicted molar refractivity (Wildman–Crippen MR) is 79.0 cm³/mol. The summed E-state index contributed by atoms with van der Waals surface area (Å²) in [6.07, 6.45) is 5.41. The number of hydrogen-bond acceptors (Lipinski definition) is 3. The van der Waals surface area contributed by atoms with Crippen molar-refractivity contribution in [1.29, 1.82) is 0 Å². The quantitative estimate of drug-likeness (QED) is 0.773. The molecule has 0 unspecified atom stereocenters. The van der Waals surface area contributed by atoms with Gasteiger partial charge in [-0.05, 0) is 45.0 Å². The molecular weight excluding hydrogens is 238 g/mol. The molecule has 0 bridgehead atoms. The maximum absolute atomic E-state index is 11.8. The third-order valence-electron chi connectivity index (χ3n) is 3.85. The second-order valence-corrected chi connectivity index (χ2v) is 5.30. The monoisotopic (exact) mass is 261 g/mol. The molecule has 1 fully saturated rings. The van der Waals surface area contributed by atoms with Crippen LogP contribution < -0.4 is 11.1 Å². The van der Waals surface area contributed by atoms with Crippen LogP contribution in [-0.4, -0.2) is 30.4 Å². The molecular formula is C15H23N3O. The van der Waals surface area contributed by atoms with E-state index in [2.05, 4.69) is 17.3 Å². The molecule has 0 radical (unpaired) electrons. The maximum atomic E-state index is 11.8. The second kappa shape index (κ2) is 6.57. The van der Waals surface area contributed by atoms with Crippen LogP contribution in [0.3, 0.4) is 0 Å². The average molecular weight is 261 g/mol. The number of carbonyl (C=O) groups is 1. The Balaban J connectivity index is 1.68. The lowest BCUT2D eigenvalue weighted by atomic mass is 9.92. The normalized spacial score (nSPS) is 15.3. The van der Waals surface area contributed by atoms with Gasteiger partial charge in [0.05, 0.1) is 11.4 Å². The maximum Gasteiger partial charge on any atom is 0.224 e. The molecule has 104 valence electrons. The highest BCUT2D eigenvalue weighted by atomic mass is 16.1. The zero-order valence-electron chi connectivity index (χ0n) is 11.6. The number of rotatable bonds is 6. The van der Waals surface area contributed by atoms with E-state index < -0.39 is 0 Å². The molecule has 0 atom stereocenters. The third kappa shape index (κ3) is 3.96. The summed E-state index contributed by atoms with van der Waals surface area (Å²) >= 11 is 0. The summed E-state index contributed by atoms with van der Waals surface area (Å²) in [5, 5.41) is 2.86. The van der Waals surface area contributed by atoms with Gasteiger partial charge in [0.15, 0.2) is 0 Å². The number of hydrogen-bond donors (Lipinski definition) is 2. The zero-order chi connectivity index (χ0) is 13.7. The van der Waals surface area contributed by atoms with Crippen molar-refractivity contribution in [1.82, 2.24) is 4.90 Å². The Morgan fingerprint density at radius 3 is 2.79 bits per heavy atom. The van der Waals surface area contributed by atoms with Gasteiger partial charge >= 0.3 is 0 Å². The molecule has 1 aromatic carbocycles. The van der Waals surface area contributed by atoms with Gasteiger partial charge in [0.25, 0.3) is 0 Å². The lowest BCUT2D eigenvalue weighted by molar-refractivity contribution is -0.116. The Morgan fingerprint density at radius 2 is 2.16 bits per heavy atom. The number of para-hydroxylation sites is 2. The smallest absolute Gasteiger partial charge is 0.224 e. The van der Waals surface area contributed by atoms with E-state index in [1.54, 1.807) is 6.07 Å². The van der Waals surface area contributed by atoms with Crippen LogP contribution in [-0.2, 0) is 4.79 Å². The number of anilines is 2. The summed E-state index contributed by atoms with van der Waals surface area (Å²) in [6, 6.07) is 8.09. The van der Waals surface area contributed by atoms with Gasteiger partial charge in [-0.3, -0.25) is 4.79 Å². The Labute approximate surface area is 115 Å². The van der Waals surface area contributed by atoms with Gasteiger partial charge in [0.2, 0.25) is 5.91 Å². The zero-order valence-corrected chi connectivity index (χ0v) is 11.6. The van der Waals surface area contributed by atoms with Crippen molar-refractivity contribution in [2.24, 2.45) is 0 Å². The standard InChI is InChI=1S/C15H23N3O/c1-18(12-6-4-7-12)11-5-10-15(19)17-14-9-3-2-8-13(14)16/h2-3,8-9,12H,4-7,10-11,16H2,1H3,(H,17,19). The molecule has 3 N–H and O–H groups in total. The first kappa shape index (κ1) is 13.9. The molecule has 0 aliphatic heterocycles. The Bertz CT molecular complexity index is 429. The van der Waals surface area contributed by atoms with Crippen LogP contribution >= 0.6 is 0 Å². The van der Waals surface area contributed by atoms with Gasteiger partial charge < -0.3 is 16.0 Å². The summed E-state index contributed by atoms with van der Waals surface area (Å²) in [5.74, 6) is 0.0416. The van der Waals surface area contributed by atoms with Crippen LogP contribution in [0.4, 0.5) is 11.4 Å². The lowest BCUT2D eigenvalue weighted by Gasteiger charge is -2.34. The number of carbonyl (C=O) groups excluding carboxylic acids is 1. The van der Waals surface area contributed by atoms with E-state index in [0.29, 0.717) is 17.8 Å². The first-order valence-corrected chi connectivity index (χ1v) is 7.01. The molecule has 4 nitrogen and oxygen atoms in total. The van der Waals surface area contributed by atoms with Crippen LogP contribution in [0.2, 0.25) is 0 Å². The number of amides is 1. The van der Waals surface area contributed by atoms with Crippen molar-refractivity contribution in [3.8, 4) is 0 Å². The molecule has 0 heterocycles. The first-order valence-electron chi connectivity index (χ1n) is 7.01. The molecule has 4 heteroatoms. The Hall–Kier alpha value is -1.55. The van der Waals surface area contributed by atoms with Crippen LogP contribution in [0, 0.1) is 0 Å². The highest BCUT2D eigenvalue weighted by Gasteiger charge is 2.21. The van der Waals surface area contributed by atoms with E-state index >= 15 is 0 Å². The third-order valence-corrected chi connectivity index (χ3v) is 3.85. The van der Waals surface area contributed by atoms with Crippen molar-refractivity contribution < 1.29 is 4.79 Å². The minimum absolute atomic E-state index is 0.0416. The van der Waals surface area contributed by atoms with E-state index in [4.69, 9.17) is 5.73 Å². The van der Waals surface area contributed by atoms with Gasteiger partial charge in [-0.15, -0.1) is 0 Å². The van der Waals surface area contributed by atoms with Crippen molar-refractivity contribution >= 4 is 17.3 Å². The molecule has 1 amide bonds. The number of nitrogens with zero attached hydrogens (tertiary/aromatic N) is 1. The Morgan fingerprint density at radius 1 is 1.42 bits per heavy atom. The number of nitrogens with one attached hydrogen (secondary N) is 1. The fraction of sp³-hybridized carbons (Fsp3) is 0.533. The second-order valence-electron chi connectivity index (χ2n) is 5.30. The topological polar surface area (TPSA) is 58.4 Å². The molecule has 0 aromatic heterocycles. The minimum atomic E-state index is 0.0416. The molecule has 1 aliphatic rings. The van der Waals surface area contributed by atoms with E-state index in [-0.39, 0.29) is 5.91 Å². The molecule has 1 saturated carbocycles. The molecule has 0 saturated heterocycles. The summed E-state index contributed by atoms with van der Waals surface area (Å²) in [5.41, 5.74) is 7.11. The van der Waals surface area contributed by atoms with Crippen molar-refractivity contribution in [2.75, 3.05) is 24.6 Å². The SMILES string of the molecule is CN(CCCC(=O)Nc1ccccc1N)C1CCC1. The number of nitrogen functional groups attached to an aromatic ring is 1. The van der Waals surface area contributed by atoms with Crippen molar-refractivity contribution in [3.05, 3.63) is 24.3 Å². The largest absolute Gasteiger partial charge is 0.397 e. The highest BCUT2D eigenvalue weighted by Crippen LogP contribution is 2.23. The van der Waals surface area contributed by atoms with Crippen LogP contribution in [0.25, 0.3) is 0 Å². The molecule has 1 aromatic rings. The van der Waals surface area contributed by atoms with E-state index in [0.717, 1.165) is 19.0 Å². The van der Waals surface area contributed by atoms with Crippen LogP contribution in [0.15, 0.2) is 24.3 Å². The van der Waals surface area contributed by atoms with Gasteiger partial charge in [-0.2, -0.15) is 0 Å². The number of nitrogens with two attached hydrogens (primary N) is 1. The molecule has 2 rings (SSSR count). The molecule has 1 aliphatic carbocycles. The summed E-state index contributed by atoms with van der Waals surface area (Å²) in [6.45, 7) is 0.988. The molecule has 19 heavy (non-hydrogen) atoms. The van der Waals surface area contributed by atoms with Crippen molar-refractivity contribution in [3.63, 3.8) is 0 Å². The fourth-order valence-corrected chi connectivity index (χ4v) is 2.32. The lowest BCUT2D eigenvalue weighted by Crippen LogP contribution is -2.37. The Kier molecular flexibility index (Phi) is 4.80. The van der Waals surface area contributed by atoms with Crippen LogP contribution in [0.5, 0.6) is 0 Å². The van der Waals surface area contributed by atoms with E-state index in [1.165, 1.54) is 19.3 Å². The first-order chi connectivity index (χ1) is 9.16. The molecule has 0 spiro atoms. The van der Waals surface area contributed by atoms with Gasteiger partial charge in [0, 0.05) is 12.5 Å². The van der Waals surface area contributed by atoms with E-state index in [1.807, 2.05) is 18.2 Å². The summed E-state index contributed by atoms with van der Waals surface area (Å²) in [7, 11) is 2.15. The highest BCUT2D eigenvalue weighted by molar-refractivity contribution is 5.93. The van der Waals surface area contributed by atoms with E-state index in [9.17, 15) is 4.79 Å². The van der Waals surface area contributed by atoms with Gasteiger partial charge in [-0.25, -0.2) is 0 Å². The number of benzene rings is 1. The van der Waals surface area contributed by atoms with Crippen LogP contribution in [0.1, 0.15) is 32.1 Å². The predicted octanol–water partition coefficient (Wildman–Crippen LogP) is 2.47. The summed E-state index contributed by atoms with van der Waals surface area (Å²) in [4.78, 5) is 14.2. The average Bonchev–Trinajstić information content (AvgIpc) is 2.30. The van der Waals surface area contributed by atoms with Gasteiger partial charge in [0.1, 0.15) is 0 Å². The minimum Gasteiger partial charge on any atom is -0.397 e. The fourth-order valence-electron chi connectivity index (χ4n) is 2.32. The van der Waals surface area contributed by atoms with Gasteiger partial charge in [-0.1, -0.05) is 18.6 Å².